The van der Waals surface area contributed by atoms with E-state index in [4.69, 9.17) is 5.73 Å². The molecule has 0 atom stereocenters. The molecule has 2 rings (SSSR count). The SMILES string of the molecule is NC(c1ccc(-c2ccccc2)cc1)(C(F)(F)F)C(F)(F)F. The second-order valence-electron chi connectivity index (χ2n) is 4.75. The summed E-state index contributed by atoms with van der Waals surface area (Å²) in [5.74, 6) is 0. The fourth-order valence-electron chi connectivity index (χ4n) is 2.04. The molecule has 22 heavy (non-hydrogen) atoms. The molecule has 0 unspecified atom stereocenters. The summed E-state index contributed by atoms with van der Waals surface area (Å²) in [5, 5.41) is 0. The number of halogens is 6. The van der Waals surface area contributed by atoms with Crippen LogP contribution in [0.25, 0.3) is 11.1 Å². The van der Waals surface area contributed by atoms with E-state index >= 15 is 0 Å². The highest BCUT2D eigenvalue weighted by Gasteiger charge is 2.69. The topological polar surface area (TPSA) is 26.0 Å². The molecule has 7 heteroatoms. The standard InChI is InChI=1S/C15H11F6N/c16-14(17,18)13(22,15(19,20)21)12-8-6-11(7-9-12)10-4-2-1-3-5-10/h1-9H,22H2. The van der Waals surface area contributed by atoms with Gasteiger partial charge in [0.2, 0.25) is 5.54 Å². The van der Waals surface area contributed by atoms with E-state index in [1.54, 1.807) is 30.3 Å². The van der Waals surface area contributed by atoms with Gasteiger partial charge in [-0.05, 0) is 16.7 Å². The highest BCUT2D eigenvalue weighted by Crippen LogP contribution is 2.48. The van der Waals surface area contributed by atoms with Gasteiger partial charge in [0, 0.05) is 0 Å². The lowest BCUT2D eigenvalue weighted by Crippen LogP contribution is -2.60. The van der Waals surface area contributed by atoms with Gasteiger partial charge in [-0.2, -0.15) is 26.3 Å². The van der Waals surface area contributed by atoms with Crippen molar-refractivity contribution in [3.63, 3.8) is 0 Å². The molecular formula is C15H11F6N. The average molecular weight is 319 g/mol. The van der Waals surface area contributed by atoms with Crippen LogP contribution in [-0.4, -0.2) is 12.4 Å². The lowest BCUT2D eigenvalue weighted by Gasteiger charge is -2.34. The largest absolute Gasteiger partial charge is 0.419 e. The molecule has 2 aromatic rings. The molecule has 1 nitrogen and oxygen atoms in total. The summed E-state index contributed by atoms with van der Waals surface area (Å²) in [6.07, 6.45) is -11.3. The van der Waals surface area contributed by atoms with Crippen LogP contribution in [0, 0.1) is 0 Å². The molecule has 0 aromatic heterocycles. The molecule has 0 heterocycles. The van der Waals surface area contributed by atoms with Crippen molar-refractivity contribution in [3.05, 3.63) is 60.2 Å². The van der Waals surface area contributed by atoms with Gasteiger partial charge < -0.3 is 5.73 Å². The van der Waals surface area contributed by atoms with E-state index in [-0.39, 0.29) is 0 Å². The maximum atomic E-state index is 12.9. The first-order valence-electron chi connectivity index (χ1n) is 6.15. The van der Waals surface area contributed by atoms with Crippen molar-refractivity contribution in [2.24, 2.45) is 5.73 Å². The normalized spacial score (nSPS) is 13.2. The van der Waals surface area contributed by atoms with Crippen LogP contribution < -0.4 is 5.73 Å². The third-order valence-electron chi connectivity index (χ3n) is 3.34. The van der Waals surface area contributed by atoms with Gasteiger partial charge in [-0.15, -0.1) is 0 Å². The Hall–Kier alpha value is -2.02. The minimum Gasteiger partial charge on any atom is -0.306 e. The molecule has 0 saturated carbocycles. The Labute approximate surface area is 122 Å². The van der Waals surface area contributed by atoms with E-state index in [9.17, 15) is 26.3 Å². The van der Waals surface area contributed by atoms with Crippen LogP contribution >= 0.6 is 0 Å². The fourth-order valence-corrected chi connectivity index (χ4v) is 2.04. The summed E-state index contributed by atoms with van der Waals surface area (Å²) in [7, 11) is 0. The lowest BCUT2D eigenvalue weighted by molar-refractivity contribution is -0.301. The minimum atomic E-state index is -5.65. The number of hydrogen-bond donors (Lipinski definition) is 1. The van der Waals surface area contributed by atoms with E-state index in [0.29, 0.717) is 11.1 Å². The predicted molar refractivity (Wildman–Crippen MR) is 69.9 cm³/mol. The smallest absolute Gasteiger partial charge is 0.306 e. The maximum Gasteiger partial charge on any atom is 0.419 e. The molecule has 0 radical (unpaired) electrons. The van der Waals surface area contributed by atoms with Gasteiger partial charge in [-0.1, -0.05) is 54.6 Å². The molecule has 2 N–H and O–H groups in total. The molecule has 0 aliphatic carbocycles. The summed E-state index contributed by atoms with van der Waals surface area (Å²) in [5.41, 5.74) is 0.443. The Morgan fingerprint density at radius 3 is 1.41 bits per heavy atom. The van der Waals surface area contributed by atoms with E-state index in [1.807, 2.05) is 0 Å². The van der Waals surface area contributed by atoms with E-state index in [2.05, 4.69) is 0 Å². The second-order valence-corrected chi connectivity index (χ2v) is 4.75. The van der Waals surface area contributed by atoms with Crippen LogP contribution in [0.1, 0.15) is 5.56 Å². The number of nitrogens with two attached hydrogens (primary N) is 1. The lowest BCUT2D eigenvalue weighted by atomic mass is 9.88. The Morgan fingerprint density at radius 2 is 1.00 bits per heavy atom. The summed E-state index contributed by atoms with van der Waals surface area (Å²) in [6, 6.07) is 12.4. The number of rotatable bonds is 2. The molecule has 0 aliphatic rings. The summed E-state index contributed by atoms with van der Waals surface area (Å²) >= 11 is 0. The van der Waals surface area contributed by atoms with Crippen molar-refractivity contribution >= 4 is 0 Å². The molecule has 0 amide bonds. The van der Waals surface area contributed by atoms with Crippen LogP contribution in [-0.2, 0) is 5.54 Å². The zero-order valence-corrected chi connectivity index (χ0v) is 11.0. The van der Waals surface area contributed by atoms with Gasteiger partial charge in [0.05, 0.1) is 0 Å². The van der Waals surface area contributed by atoms with Crippen LogP contribution in [0.2, 0.25) is 0 Å². The zero-order chi connectivity index (χ0) is 16.6. The van der Waals surface area contributed by atoms with Crippen LogP contribution in [0.5, 0.6) is 0 Å². The number of alkyl halides is 6. The molecule has 0 bridgehead atoms. The van der Waals surface area contributed by atoms with Gasteiger partial charge in [0.15, 0.2) is 0 Å². The zero-order valence-electron chi connectivity index (χ0n) is 11.0. The highest BCUT2D eigenvalue weighted by atomic mass is 19.4. The van der Waals surface area contributed by atoms with E-state index < -0.39 is 23.5 Å². The fraction of sp³-hybridized carbons (Fsp3) is 0.200. The van der Waals surface area contributed by atoms with Crippen LogP contribution in [0.3, 0.4) is 0 Å². The molecule has 0 fully saturated rings. The van der Waals surface area contributed by atoms with Crippen LogP contribution in [0.15, 0.2) is 54.6 Å². The van der Waals surface area contributed by atoms with Gasteiger partial charge in [-0.3, -0.25) is 0 Å². The molecule has 0 aliphatic heterocycles. The third-order valence-corrected chi connectivity index (χ3v) is 3.34. The van der Waals surface area contributed by atoms with Crippen LogP contribution in [0.4, 0.5) is 26.3 Å². The van der Waals surface area contributed by atoms with Crippen molar-refractivity contribution in [2.45, 2.75) is 17.9 Å². The average Bonchev–Trinajstić information content (AvgIpc) is 2.45. The molecule has 118 valence electrons. The van der Waals surface area contributed by atoms with E-state index in [1.165, 1.54) is 12.1 Å². The van der Waals surface area contributed by atoms with Crippen molar-refractivity contribution in [2.75, 3.05) is 0 Å². The summed E-state index contributed by atoms with van der Waals surface area (Å²) < 4.78 is 77.2. The maximum absolute atomic E-state index is 12.9. The van der Waals surface area contributed by atoms with Crippen molar-refractivity contribution in [3.8, 4) is 11.1 Å². The minimum absolute atomic E-state index is 0.496. The Balaban J connectivity index is 2.48. The quantitative estimate of drug-likeness (QED) is 0.802. The predicted octanol–water partition coefficient (Wildman–Crippen LogP) is 4.63. The highest BCUT2D eigenvalue weighted by molar-refractivity contribution is 5.63. The third kappa shape index (κ3) is 2.68. The van der Waals surface area contributed by atoms with Crippen molar-refractivity contribution < 1.29 is 26.3 Å². The van der Waals surface area contributed by atoms with Crippen molar-refractivity contribution in [1.82, 2.24) is 0 Å². The van der Waals surface area contributed by atoms with E-state index in [0.717, 1.165) is 12.1 Å². The first kappa shape index (κ1) is 16.4. The van der Waals surface area contributed by atoms with Gasteiger partial charge in [-0.25, -0.2) is 0 Å². The number of hydrogen-bond acceptors (Lipinski definition) is 1. The Morgan fingerprint density at radius 1 is 0.591 bits per heavy atom. The number of benzene rings is 2. The first-order valence-corrected chi connectivity index (χ1v) is 6.15. The molecule has 2 aromatic carbocycles. The molecule has 0 spiro atoms. The van der Waals surface area contributed by atoms with Gasteiger partial charge in [0.25, 0.3) is 0 Å². The summed E-state index contributed by atoms with van der Waals surface area (Å²) in [4.78, 5) is 0. The summed E-state index contributed by atoms with van der Waals surface area (Å²) in [6.45, 7) is 0. The second kappa shape index (κ2) is 5.31. The first-order chi connectivity index (χ1) is 10.1. The van der Waals surface area contributed by atoms with Gasteiger partial charge >= 0.3 is 12.4 Å². The van der Waals surface area contributed by atoms with Crippen molar-refractivity contribution in [1.29, 1.82) is 0 Å². The Bertz CT molecular complexity index is 614. The van der Waals surface area contributed by atoms with Gasteiger partial charge in [0.1, 0.15) is 0 Å². The Kier molecular flexibility index (Phi) is 3.95. The molecule has 0 saturated heterocycles. The monoisotopic (exact) mass is 319 g/mol. The molecular weight excluding hydrogens is 308 g/mol.